The Labute approximate surface area is 407 Å². The van der Waals surface area contributed by atoms with Gasteiger partial charge < -0.3 is 15.2 Å². The lowest BCUT2D eigenvalue weighted by molar-refractivity contribution is -0.146. The first-order valence-electron chi connectivity index (χ1n) is 29.8. The monoisotopic (exact) mass is 916 g/mol. The summed E-state index contributed by atoms with van der Waals surface area (Å²) < 4.78 is 5.67. The van der Waals surface area contributed by atoms with E-state index in [0.29, 0.717) is 12.8 Å². The number of aliphatic hydroxyl groups is 1. The lowest BCUT2D eigenvalue weighted by Gasteiger charge is -2.22. The fourth-order valence-corrected chi connectivity index (χ4v) is 9.41. The number of ether oxygens (including phenoxy) is 1. The highest BCUT2D eigenvalue weighted by molar-refractivity contribution is 5.76. The predicted molar refractivity (Wildman–Crippen MR) is 286 cm³/mol. The first-order chi connectivity index (χ1) is 32.0. The molecular weight excluding hydrogens is 799 g/mol. The van der Waals surface area contributed by atoms with E-state index in [2.05, 4.69) is 26.1 Å². The molecule has 0 aliphatic carbocycles. The van der Waals surface area contributed by atoms with E-state index >= 15 is 0 Å². The van der Waals surface area contributed by atoms with E-state index in [1.165, 1.54) is 270 Å². The molecule has 0 bridgehead atoms. The number of unbranched alkanes of at least 4 members (excludes halogenated alkanes) is 45. The number of esters is 1. The third-order valence-electron chi connectivity index (χ3n) is 14.0. The SMILES string of the molecule is CCCCCCCCCCCCC/C=C/[C@@H](O)[C@H](COC(=O)CCCCCCCCCCCCCCCCCCCCCCCCC)NC(=O)CCCCCCCCCCCCCCC. The third-order valence-corrected chi connectivity index (χ3v) is 14.0. The van der Waals surface area contributed by atoms with Gasteiger partial charge in [-0.2, -0.15) is 0 Å². The predicted octanol–water partition coefficient (Wildman–Crippen LogP) is 19.5. The molecule has 0 unspecified atom stereocenters. The fourth-order valence-electron chi connectivity index (χ4n) is 9.41. The van der Waals surface area contributed by atoms with Crippen molar-refractivity contribution in [3.05, 3.63) is 12.2 Å². The van der Waals surface area contributed by atoms with Crippen molar-refractivity contribution < 1.29 is 19.4 Å². The first-order valence-corrected chi connectivity index (χ1v) is 29.8. The molecule has 0 rings (SSSR count). The molecule has 2 atom stereocenters. The molecule has 0 fully saturated rings. The smallest absolute Gasteiger partial charge is 0.305 e. The van der Waals surface area contributed by atoms with Crippen LogP contribution in [0.1, 0.15) is 342 Å². The third kappa shape index (κ3) is 51.9. The molecule has 386 valence electrons. The molecule has 0 radical (unpaired) electrons. The molecule has 2 N–H and O–H groups in total. The van der Waals surface area contributed by atoms with Crippen LogP contribution in [0.2, 0.25) is 0 Å². The highest BCUT2D eigenvalue weighted by Gasteiger charge is 2.21. The summed E-state index contributed by atoms with van der Waals surface area (Å²) in [4.78, 5) is 25.7. The molecule has 0 spiro atoms. The molecule has 65 heavy (non-hydrogen) atoms. The Balaban J connectivity index is 4.21. The minimum absolute atomic E-state index is 0.0203. The molecular formula is C60H117NO4. The molecule has 0 aliphatic rings. The van der Waals surface area contributed by atoms with E-state index in [-0.39, 0.29) is 18.5 Å². The number of allylic oxidation sites excluding steroid dienone is 1. The summed E-state index contributed by atoms with van der Waals surface area (Å²) in [5.41, 5.74) is 0. The number of hydrogen-bond donors (Lipinski definition) is 2. The summed E-state index contributed by atoms with van der Waals surface area (Å²) in [5, 5.41) is 14.1. The van der Waals surface area contributed by atoms with E-state index in [1.54, 1.807) is 6.08 Å². The summed E-state index contributed by atoms with van der Waals surface area (Å²) in [6.07, 6.45) is 67.0. The van der Waals surface area contributed by atoms with Crippen LogP contribution in [0, 0.1) is 0 Å². The summed E-state index contributed by atoms with van der Waals surface area (Å²) in [5.74, 6) is -0.275. The van der Waals surface area contributed by atoms with Crippen molar-refractivity contribution in [1.82, 2.24) is 5.32 Å². The van der Waals surface area contributed by atoms with Crippen molar-refractivity contribution in [1.29, 1.82) is 0 Å². The average Bonchev–Trinajstić information content (AvgIpc) is 3.30. The van der Waals surface area contributed by atoms with Gasteiger partial charge in [0.05, 0.1) is 12.1 Å². The Bertz CT molecular complexity index is 967. The minimum Gasteiger partial charge on any atom is -0.463 e. The average molecular weight is 917 g/mol. The van der Waals surface area contributed by atoms with Crippen LogP contribution in [0.4, 0.5) is 0 Å². The second-order valence-electron chi connectivity index (χ2n) is 20.6. The van der Waals surface area contributed by atoms with Crippen molar-refractivity contribution in [3.63, 3.8) is 0 Å². The van der Waals surface area contributed by atoms with Crippen LogP contribution in [0.3, 0.4) is 0 Å². The van der Waals surface area contributed by atoms with E-state index in [4.69, 9.17) is 4.74 Å². The Hall–Kier alpha value is -1.36. The molecule has 5 nitrogen and oxygen atoms in total. The Morgan fingerprint density at radius 1 is 0.385 bits per heavy atom. The maximum atomic E-state index is 13.0. The highest BCUT2D eigenvalue weighted by atomic mass is 16.5. The van der Waals surface area contributed by atoms with Crippen molar-refractivity contribution in [2.24, 2.45) is 0 Å². The Morgan fingerprint density at radius 3 is 0.954 bits per heavy atom. The maximum Gasteiger partial charge on any atom is 0.305 e. The molecule has 0 heterocycles. The molecule has 0 saturated carbocycles. The molecule has 1 amide bonds. The lowest BCUT2D eigenvalue weighted by Crippen LogP contribution is -2.46. The number of aliphatic hydroxyl groups excluding tert-OH is 1. The normalized spacial score (nSPS) is 12.6. The molecule has 0 aliphatic heterocycles. The summed E-state index contributed by atoms with van der Waals surface area (Å²) in [6, 6.07) is -0.614. The Morgan fingerprint density at radius 2 is 0.646 bits per heavy atom. The molecule has 0 aromatic rings. The van der Waals surface area contributed by atoms with Gasteiger partial charge in [-0.3, -0.25) is 9.59 Å². The second-order valence-corrected chi connectivity index (χ2v) is 20.6. The highest BCUT2D eigenvalue weighted by Crippen LogP contribution is 2.18. The Kier molecular flexibility index (Phi) is 54.1. The first kappa shape index (κ1) is 63.6. The number of nitrogens with one attached hydrogen (secondary N) is 1. The number of amides is 1. The second kappa shape index (κ2) is 55.2. The van der Waals surface area contributed by atoms with Gasteiger partial charge in [0.15, 0.2) is 0 Å². The summed E-state index contributed by atoms with van der Waals surface area (Å²) >= 11 is 0. The zero-order valence-electron chi connectivity index (χ0n) is 44.5. The number of rotatable bonds is 55. The van der Waals surface area contributed by atoms with Crippen LogP contribution in [0.15, 0.2) is 12.2 Å². The van der Waals surface area contributed by atoms with Gasteiger partial charge in [-0.1, -0.05) is 315 Å². The van der Waals surface area contributed by atoms with Crippen LogP contribution in [0.5, 0.6) is 0 Å². The van der Waals surface area contributed by atoms with Gasteiger partial charge in [0.1, 0.15) is 6.61 Å². The molecule has 0 saturated heterocycles. The quantitative estimate of drug-likeness (QED) is 0.0362. The molecule has 0 aromatic carbocycles. The van der Waals surface area contributed by atoms with Gasteiger partial charge in [0, 0.05) is 12.8 Å². The lowest BCUT2D eigenvalue weighted by atomic mass is 10.0. The van der Waals surface area contributed by atoms with Crippen LogP contribution in [0.25, 0.3) is 0 Å². The number of carbonyl (C=O) groups excluding carboxylic acids is 2. The fraction of sp³-hybridized carbons (Fsp3) is 0.933. The van der Waals surface area contributed by atoms with Crippen molar-refractivity contribution in [3.8, 4) is 0 Å². The van der Waals surface area contributed by atoms with E-state index in [0.717, 1.165) is 38.5 Å². The van der Waals surface area contributed by atoms with Gasteiger partial charge in [-0.05, 0) is 25.7 Å². The summed E-state index contributed by atoms with van der Waals surface area (Å²) in [7, 11) is 0. The zero-order valence-corrected chi connectivity index (χ0v) is 44.5. The van der Waals surface area contributed by atoms with Gasteiger partial charge >= 0.3 is 5.97 Å². The van der Waals surface area contributed by atoms with Crippen molar-refractivity contribution in [2.45, 2.75) is 354 Å². The van der Waals surface area contributed by atoms with Crippen LogP contribution in [-0.2, 0) is 14.3 Å². The summed E-state index contributed by atoms with van der Waals surface area (Å²) in [6.45, 7) is 6.87. The van der Waals surface area contributed by atoms with Crippen LogP contribution in [-0.4, -0.2) is 35.7 Å². The number of carbonyl (C=O) groups is 2. The topological polar surface area (TPSA) is 75.6 Å². The van der Waals surface area contributed by atoms with Gasteiger partial charge in [0.2, 0.25) is 5.91 Å². The van der Waals surface area contributed by atoms with Gasteiger partial charge in [-0.25, -0.2) is 0 Å². The van der Waals surface area contributed by atoms with Crippen molar-refractivity contribution in [2.75, 3.05) is 6.61 Å². The van der Waals surface area contributed by atoms with E-state index in [9.17, 15) is 14.7 Å². The molecule has 5 heteroatoms. The van der Waals surface area contributed by atoms with Crippen LogP contribution < -0.4 is 5.32 Å². The van der Waals surface area contributed by atoms with E-state index < -0.39 is 12.1 Å². The number of hydrogen-bond acceptors (Lipinski definition) is 4. The standard InChI is InChI=1S/C60H117NO4/c1-4-7-10-13-16-19-22-25-26-27-28-29-30-31-32-33-34-37-40-43-46-49-52-55-60(64)65-56-57(58(62)53-50-47-44-41-38-35-23-20-17-14-11-8-5-2)61-59(63)54-51-48-45-42-39-36-24-21-18-15-12-9-6-3/h50,53,57-58,62H,4-49,51-52,54-56H2,1-3H3,(H,61,63)/b53-50+/t57-,58+/m0/s1. The maximum absolute atomic E-state index is 13.0. The molecule has 0 aromatic heterocycles. The zero-order chi connectivity index (χ0) is 47.2. The van der Waals surface area contributed by atoms with Crippen LogP contribution >= 0.6 is 0 Å². The minimum atomic E-state index is -0.870. The van der Waals surface area contributed by atoms with Gasteiger partial charge in [-0.15, -0.1) is 0 Å². The largest absolute Gasteiger partial charge is 0.463 e. The van der Waals surface area contributed by atoms with Gasteiger partial charge in [0.25, 0.3) is 0 Å². The van der Waals surface area contributed by atoms with Crippen molar-refractivity contribution >= 4 is 11.9 Å². The van der Waals surface area contributed by atoms with E-state index in [1.807, 2.05) is 6.08 Å².